The van der Waals surface area contributed by atoms with Gasteiger partial charge in [0.1, 0.15) is 5.52 Å². The Bertz CT molecular complexity index is 527. The van der Waals surface area contributed by atoms with Gasteiger partial charge in [0.15, 0.2) is 0 Å². The maximum Gasteiger partial charge on any atom is 0.115 e. The molecule has 1 aromatic heterocycles. The Labute approximate surface area is 107 Å². The summed E-state index contributed by atoms with van der Waals surface area (Å²) >= 11 is 0. The van der Waals surface area contributed by atoms with Crippen molar-refractivity contribution in [3.63, 3.8) is 0 Å². The van der Waals surface area contributed by atoms with E-state index in [9.17, 15) is 0 Å². The Hall–Kier alpha value is -1.62. The van der Waals surface area contributed by atoms with Gasteiger partial charge in [-0.2, -0.15) is 0 Å². The highest BCUT2D eigenvalue weighted by Crippen LogP contribution is 2.21. The number of piperazine rings is 1. The van der Waals surface area contributed by atoms with Crippen LogP contribution in [-0.4, -0.2) is 41.2 Å². The lowest BCUT2D eigenvalue weighted by Crippen LogP contribution is -2.43. The molecule has 18 heavy (non-hydrogen) atoms. The molecule has 0 spiro atoms. The molecule has 1 aliphatic rings. The van der Waals surface area contributed by atoms with Gasteiger partial charge in [-0.15, -0.1) is 5.10 Å². The number of rotatable bonds is 3. The van der Waals surface area contributed by atoms with Crippen LogP contribution in [-0.2, 0) is 6.54 Å². The van der Waals surface area contributed by atoms with Crippen LogP contribution in [0, 0.1) is 0 Å². The molecule has 5 heteroatoms. The van der Waals surface area contributed by atoms with E-state index in [-0.39, 0.29) is 0 Å². The van der Waals surface area contributed by atoms with Crippen LogP contribution in [0.25, 0.3) is 11.0 Å². The summed E-state index contributed by atoms with van der Waals surface area (Å²) in [4.78, 5) is 2.40. The Balaban J connectivity index is 1.91. The number of hydrogen-bond donors (Lipinski definition) is 1. The Morgan fingerprint density at radius 1 is 1.28 bits per heavy atom. The van der Waals surface area contributed by atoms with Gasteiger partial charge in [-0.05, 0) is 24.6 Å². The fraction of sp³-hybridized carbons (Fsp3) is 0.538. The molecule has 96 valence electrons. The monoisotopic (exact) mass is 245 g/mol. The first-order valence-electron chi connectivity index (χ1n) is 6.67. The topological polar surface area (TPSA) is 46.0 Å². The second-order valence-corrected chi connectivity index (χ2v) is 4.72. The summed E-state index contributed by atoms with van der Waals surface area (Å²) in [5.41, 5.74) is 3.39. The van der Waals surface area contributed by atoms with Gasteiger partial charge < -0.3 is 10.2 Å². The molecule has 1 N–H and O–H groups in total. The van der Waals surface area contributed by atoms with Crippen LogP contribution in [0.3, 0.4) is 0 Å². The van der Waals surface area contributed by atoms with Crippen molar-refractivity contribution in [2.45, 2.75) is 19.9 Å². The summed E-state index contributed by atoms with van der Waals surface area (Å²) < 4.78 is 1.98. The van der Waals surface area contributed by atoms with E-state index >= 15 is 0 Å². The fourth-order valence-electron chi connectivity index (χ4n) is 2.46. The van der Waals surface area contributed by atoms with Gasteiger partial charge in [0.05, 0.1) is 5.52 Å². The summed E-state index contributed by atoms with van der Waals surface area (Å²) in [5, 5.41) is 11.8. The van der Waals surface area contributed by atoms with E-state index in [4.69, 9.17) is 0 Å². The molecule has 1 aromatic carbocycles. The first kappa shape index (κ1) is 11.5. The molecule has 0 bridgehead atoms. The first-order chi connectivity index (χ1) is 8.88. The van der Waals surface area contributed by atoms with Crippen LogP contribution in [0.1, 0.15) is 13.3 Å². The van der Waals surface area contributed by atoms with Gasteiger partial charge in [-0.25, -0.2) is 4.68 Å². The van der Waals surface area contributed by atoms with Crippen LogP contribution in [0.5, 0.6) is 0 Å². The van der Waals surface area contributed by atoms with Crippen molar-refractivity contribution in [3.05, 3.63) is 18.2 Å². The van der Waals surface area contributed by atoms with E-state index in [2.05, 4.69) is 45.7 Å². The molecule has 1 aliphatic heterocycles. The third-order valence-electron chi connectivity index (χ3n) is 3.42. The third-order valence-corrected chi connectivity index (χ3v) is 3.42. The van der Waals surface area contributed by atoms with Crippen molar-refractivity contribution in [3.8, 4) is 0 Å². The molecule has 0 atom stereocenters. The number of aryl methyl sites for hydroxylation is 1. The number of nitrogens with one attached hydrogen (secondary N) is 1. The van der Waals surface area contributed by atoms with E-state index in [1.54, 1.807) is 0 Å². The van der Waals surface area contributed by atoms with Crippen molar-refractivity contribution < 1.29 is 0 Å². The van der Waals surface area contributed by atoms with Gasteiger partial charge >= 0.3 is 0 Å². The SMILES string of the molecule is CCCn1nnc2cc(N3CCNCC3)ccc21. The smallest absolute Gasteiger partial charge is 0.115 e. The summed E-state index contributed by atoms with van der Waals surface area (Å²) in [6.45, 7) is 7.33. The van der Waals surface area contributed by atoms with Gasteiger partial charge in [0, 0.05) is 38.4 Å². The second-order valence-electron chi connectivity index (χ2n) is 4.72. The van der Waals surface area contributed by atoms with Gasteiger partial charge in [0.2, 0.25) is 0 Å². The van der Waals surface area contributed by atoms with Crippen LogP contribution < -0.4 is 10.2 Å². The molecule has 0 unspecified atom stereocenters. The minimum atomic E-state index is 0.934. The van der Waals surface area contributed by atoms with Crippen molar-refractivity contribution in [1.82, 2.24) is 20.3 Å². The fourth-order valence-corrected chi connectivity index (χ4v) is 2.46. The van der Waals surface area contributed by atoms with Gasteiger partial charge in [-0.1, -0.05) is 12.1 Å². The normalized spacial score (nSPS) is 16.4. The lowest BCUT2D eigenvalue weighted by atomic mass is 10.2. The molecule has 0 radical (unpaired) electrons. The van der Waals surface area contributed by atoms with E-state index in [0.717, 1.165) is 50.2 Å². The van der Waals surface area contributed by atoms with Crippen LogP contribution in [0.15, 0.2) is 18.2 Å². The lowest BCUT2D eigenvalue weighted by molar-refractivity contribution is 0.589. The standard InChI is InChI=1S/C13H19N5/c1-2-7-18-13-4-3-11(10-12(13)15-16-18)17-8-5-14-6-9-17/h3-4,10,14H,2,5-9H2,1H3. The molecule has 2 heterocycles. The number of benzene rings is 1. The van der Waals surface area contributed by atoms with Crippen molar-refractivity contribution in [2.24, 2.45) is 0 Å². The van der Waals surface area contributed by atoms with Crippen LogP contribution >= 0.6 is 0 Å². The van der Waals surface area contributed by atoms with E-state index < -0.39 is 0 Å². The van der Waals surface area contributed by atoms with Crippen molar-refractivity contribution in [2.75, 3.05) is 31.1 Å². The zero-order valence-electron chi connectivity index (χ0n) is 10.8. The average Bonchev–Trinajstić information content (AvgIpc) is 2.83. The predicted octanol–water partition coefficient (Wildman–Crippen LogP) is 1.25. The van der Waals surface area contributed by atoms with Crippen LogP contribution in [0.2, 0.25) is 0 Å². The molecule has 0 amide bonds. The highest BCUT2D eigenvalue weighted by molar-refractivity contribution is 5.79. The highest BCUT2D eigenvalue weighted by atomic mass is 15.4. The van der Waals surface area contributed by atoms with Crippen molar-refractivity contribution >= 4 is 16.7 Å². The van der Waals surface area contributed by atoms with E-state index in [1.807, 2.05) is 4.68 Å². The first-order valence-corrected chi connectivity index (χ1v) is 6.67. The summed E-state index contributed by atoms with van der Waals surface area (Å²) in [7, 11) is 0. The number of hydrogen-bond acceptors (Lipinski definition) is 4. The highest BCUT2D eigenvalue weighted by Gasteiger charge is 2.12. The van der Waals surface area contributed by atoms with Gasteiger partial charge in [-0.3, -0.25) is 0 Å². The summed E-state index contributed by atoms with van der Waals surface area (Å²) in [6.07, 6.45) is 1.08. The quantitative estimate of drug-likeness (QED) is 0.884. The Kier molecular flexibility index (Phi) is 3.15. The molecule has 3 rings (SSSR count). The van der Waals surface area contributed by atoms with Gasteiger partial charge in [0.25, 0.3) is 0 Å². The minimum absolute atomic E-state index is 0.934. The second kappa shape index (κ2) is 4.94. The predicted molar refractivity (Wildman–Crippen MR) is 72.9 cm³/mol. The molecule has 0 saturated carbocycles. The maximum atomic E-state index is 4.26. The van der Waals surface area contributed by atoms with Crippen LogP contribution in [0.4, 0.5) is 5.69 Å². The third kappa shape index (κ3) is 2.06. The summed E-state index contributed by atoms with van der Waals surface area (Å²) in [6, 6.07) is 6.48. The number of aromatic nitrogens is 3. The maximum absolute atomic E-state index is 4.26. The lowest BCUT2D eigenvalue weighted by Gasteiger charge is -2.29. The average molecular weight is 245 g/mol. The molecule has 1 fully saturated rings. The largest absolute Gasteiger partial charge is 0.369 e. The minimum Gasteiger partial charge on any atom is -0.369 e. The molecule has 1 saturated heterocycles. The van der Waals surface area contributed by atoms with E-state index in [1.165, 1.54) is 5.69 Å². The Morgan fingerprint density at radius 3 is 2.89 bits per heavy atom. The molecular formula is C13H19N5. The zero-order valence-corrected chi connectivity index (χ0v) is 10.8. The number of anilines is 1. The molecule has 2 aromatic rings. The molecule has 5 nitrogen and oxygen atoms in total. The number of nitrogens with zero attached hydrogens (tertiary/aromatic N) is 4. The van der Waals surface area contributed by atoms with E-state index in [0.29, 0.717) is 0 Å². The molecule has 0 aliphatic carbocycles. The zero-order chi connectivity index (χ0) is 12.4. The van der Waals surface area contributed by atoms with Crippen molar-refractivity contribution in [1.29, 1.82) is 0 Å². The Morgan fingerprint density at radius 2 is 2.11 bits per heavy atom. The molecular weight excluding hydrogens is 226 g/mol. The number of fused-ring (bicyclic) bond motifs is 1. The summed E-state index contributed by atoms with van der Waals surface area (Å²) in [5.74, 6) is 0.